The summed E-state index contributed by atoms with van der Waals surface area (Å²) in [6.45, 7) is 5.71. The summed E-state index contributed by atoms with van der Waals surface area (Å²) >= 11 is 3.05. The molecule has 0 N–H and O–H groups in total. The minimum Gasteiger partial charge on any atom is -0.449 e. The number of aromatic nitrogens is 2. The summed E-state index contributed by atoms with van der Waals surface area (Å²) in [5, 5.41) is 4.81. The van der Waals surface area contributed by atoms with Gasteiger partial charge in [-0.2, -0.15) is 0 Å². The fourth-order valence-electron chi connectivity index (χ4n) is 3.47. The van der Waals surface area contributed by atoms with E-state index in [1.54, 1.807) is 37.4 Å². The Morgan fingerprint density at radius 2 is 1.88 bits per heavy atom. The lowest BCUT2D eigenvalue weighted by atomic mass is 10.2. The number of fused-ring (bicyclic) bond motifs is 1. The number of likely N-dealkylation sites (N-methyl/N-ethyl adjacent to an activating group) is 1. The van der Waals surface area contributed by atoms with Crippen LogP contribution in [0.25, 0.3) is 10.2 Å². The molecule has 0 fully saturated rings. The summed E-state index contributed by atoms with van der Waals surface area (Å²) in [6, 6.07) is 15.1. The molecule has 0 saturated heterocycles. The average molecular weight is 496 g/mol. The van der Waals surface area contributed by atoms with Gasteiger partial charge < -0.3 is 14.2 Å². The SMILES string of the molecule is Cc1noc(C)c1CSc1ccccc1C(=O)OC(C)C(=O)N(C)Cc1nc2ccccc2s1. The molecule has 176 valence electrons. The molecule has 1 amide bonds. The van der Waals surface area contributed by atoms with Crippen LogP contribution in [0.1, 0.15) is 39.3 Å². The number of nitrogens with zero attached hydrogens (tertiary/aromatic N) is 3. The Balaban J connectivity index is 1.39. The van der Waals surface area contributed by atoms with Crippen molar-refractivity contribution in [2.75, 3.05) is 7.05 Å². The zero-order valence-corrected chi connectivity index (χ0v) is 21.0. The first kappa shape index (κ1) is 24.0. The topological polar surface area (TPSA) is 85.5 Å². The van der Waals surface area contributed by atoms with Gasteiger partial charge in [-0.1, -0.05) is 29.4 Å². The normalized spacial score (nSPS) is 12.0. The molecule has 0 bridgehead atoms. The quantitative estimate of drug-likeness (QED) is 0.239. The van der Waals surface area contributed by atoms with E-state index >= 15 is 0 Å². The molecule has 1 atom stereocenters. The second-order valence-electron chi connectivity index (χ2n) is 7.90. The zero-order valence-electron chi connectivity index (χ0n) is 19.4. The summed E-state index contributed by atoms with van der Waals surface area (Å²) in [6.07, 6.45) is -0.924. The summed E-state index contributed by atoms with van der Waals surface area (Å²) in [5.41, 5.74) is 3.18. The number of thiazole rings is 1. The van der Waals surface area contributed by atoms with Crippen LogP contribution < -0.4 is 0 Å². The minimum absolute atomic E-state index is 0.284. The highest BCUT2D eigenvalue weighted by Gasteiger charge is 2.24. The van der Waals surface area contributed by atoms with Crippen molar-refractivity contribution < 1.29 is 18.8 Å². The number of hydrogen-bond donors (Lipinski definition) is 0. The predicted octanol–water partition coefficient (Wildman–Crippen LogP) is 5.40. The standard InChI is InChI=1S/C25H25N3O4S2/c1-15-19(16(2)32-27-15)14-33-21-11-7-5-9-18(21)25(30)31-17(3)24(29)28(4)13-23-26-20-10-6-8-12-22(20)34-23/h5-12,17H,13-14H2,1-4H3. The molecule has 1 unspecified atom stereocenters. The van der Waals surface area contributed by atoms with Gasteiger partial charge in [-0.15, -0.1) is 23.1 Å². The van der Waals surface area contributed by atoms with Crippen molar-refractivity contribution in [1.82, 2.24) is 15.0 Å². The fourth-order valence-corrected chi connectivity index (χ4v) is 5.69. The van der Waals surface area contributed by atoms with E-state index in [2.05, 4.69) is 10.1 Å². The van der Waals surface area contributed by atoms with Crippen LogP contribution in [0.2, 0.25) is 0 Å². The fraction of sp³-hybridized carbons (Fsp3) is 0.280. The highest BCUT2D eigenvalue weighted by atomic mass is 32.2. The number of esters is 1. The van der Waals surface area contributed by atoms with Gasteiger partial charge in [-0.25, -0.2) is 9.78 Å². The first-order valence-electron chi connectivity index (χ1n) is 10.8. The molecule has 2 aromatic heterocycles. The van der Waals surface area contributed by atoms with Gasteiger partial charge in [-0.05, 0) is 45.0 Å². The van der Waals surface area contributed by atoms with Gasteiger partial charge in [0.2, 0.25) is 0 Å². The third kappa shape index (κ3) is 5.31. The molecule has 7 nitrogen and oxygen atoms in total. The van der Waals surface area contributed by atoms with Gasteiger partial charge >= 0.3 is 5.97 Å². The van der Waals surface area contributed by atoms with Crippen molar-refractivity contribution in [3.05, 3.63) is 76.1 Å². The van der Waals surface area contributed by atoms with Crippen molar-refractivity contribution in [3.63, 3.8) is 0 Å². The minimum atomic E-state index is -0.924. The van der Waals surface area contributed by atoms with Crippen LogP contribution in [0.5, 0.6) is 0 Å². The van der Waals surface area contributed by atoms with E-state index in [0.29, 0.717) is 17.9 Å². The molecule has 2 heterocycles. The molecule has 4 aromatic rings. The van der Waals surface area contributed by atoms with Crippen molar-refractivity contribution in [1.29, 1.82) is 0 Å². The predicted molar refractivity (Wildman–Crippen MR) is 133 cm³/mol. The van der Waals surface area contributed by atoms with Crippen molar-refractivity contribution in [3.8, 4) is 0 Å². The Hall–Kier alpha value is -3.17. The van der Waals surface area contributed by atoms with Crippen molar-refractivity contribution in [2.45, 2.75) is 44.1 Å². The van der Waals surface area contributed by atoms with Gasteiger partial charge in [0, 0.05) is 23.3 Å². The van der Waals surface area contributed by atoms with Crippen LogP contribution in [0, 0.1) is 13.8 Å². The third-order valence-corrected chi connectivity index (χ3v) is 7.50. The smallest absolute Gasteiger partial charge is 0.340 e. The van der Waals surface area contributed by atoms with E-state index < -0.39 is 12.1 Å². The Morgan fingerprint density at radius 1 is 1.15 bits per heavy atom. The van der Waals surface area contributed by atoms with E-state index in [4.69, 9.17) is 9.26 Å². The van der Waals surface area contributed by atoms with Crippen LogP contribution in [-0.2, 0) is 21.8 Å². The first-order chi connectivity index (χ1) is 16.3. The molecule has 0 aliphatic rings. The number of carbonyl (C=O) groups excluding carboxylic acids is 2. The van der Waals surface area contributed by atoms with Gasteiger partial charge in [0.05, 0.1) is 28.0 Å². The second-order valence-corrected chi connectivity index (χ2v) is 10.0. The molecule has 4 rings (SSSR count). The van der Waals surface area contributed by atoms with E-state index in [0.717, 1.165) is 37.1 Å². The number of amides is 1. The largest absolute Gasteiger partial charge is 0.449 e. The molecule has 0 saturated carbocycles. The van der Waals surface area contributed by atoms with E-state index in [9.17, 15) is 9.59 Å². The van der Waals surface area contributed by atoms with Gasteiger partial charge in [0.1, 0.15) is 10.8 Å². The maximum Gasteiger partial charge on any atom is 0.340 e. The Morgan fingerprint density at radius 3 is 2.62 bits per heavy atom. The summed E-state index contributed by atoms with van der Waals surface area (Å²) in [5.74, 6) is 0.565. The number of rotatable bonds is 8. The Kier molecular flexibility index (Phi) is 7.33. The maximum atomic E-state index is 12.9. The number of benzene rings is 2. The van der Waals surface area contributed by atoms with Crippen LogP contribution >= 0.6 is 23.1 Å². The van der Waals surface area contributed by atoms with Crippen LogP contribution in [0.15, 0.2) is 57.9 Å². The number of carbonyl (C=O) groups is 2. The molecule has 34 heavy (non-hydrogen) atoms. The van der Waals surface area contributed by atoms with Crippen molar-refractivity contribution >= 4 is 45.2 Å². The Labute approximate surface area is 206 Å². The number of aryl methyl sites for hydroxylation is 2. The lowest BCUT2D eigenvalue weighted by Crippen LogP contribution is -2.37. The highest BCUT2D eigenvalue weighted by molar-refractivity contribution is 7.98. The summed E-state index contributed by atoms with van der Waals surface area (Å²) < 4.78 is 11.8. The molecule has 9 heteroatoms. The van der Waals surface area contributed by atoms with Crippen LogP contribution in [0.4, 0.5) is 0 Å². The lowest BCUT2D eigenvalue weighted by molar-refractivity contribution is -0.139. The molecular weight excluding hydrogens is 470 g/mol. The first-order valence-corrected chi connectivity index (χ1v) is 12.6. The Bertz CT molecular complexity index is 1280. The van der Waals surface area contributed by atoms with Crippen molar-refractivity contribution in [2.24, 2.45) is 0 Å². The van der Waals surface area contributed by atoms with E-state index in [1.807, 2.05) is 50.2 Å². The molecule has 2 aromatic carbocycles. The number of para-hydroxylation sites is 1. The molecule has 0 aliphatic heterocycles. The number of hydrogen-bond acceptors (Lipinski definition) is 8. The van der Waals surface area contributed by atoms with Gasteiger partial charge in [0.15, 0.2) is 6.10 Å². The highest BCUT2D eigenvalue weighted by Crippen LogP contribution is 2.29. The monoisotopic (exact) mass is 495 g/mol. The lowest BCUT2D eigenvalue weighted by Gasteiger charge is -2.21. The van der Waals surface area contributed by atoms with E-state index in [-0.39, 0.29) is 5.91 Å². The molecular formula is C25H25N3O4S2. The third-order valence-electron chi connectivity index (χ3n) is 5.38. The van der Waals surface area contributed by atoms with Gasteiger partial charge in [0.25, 0.3) is 5.91 Å². The van der Waals surface area contributed by atoms with E-state index in [1.165, 1.54) is 16.7 Å². The average Bonchev–Trinajstić information content (AvgIpc) is 3.38. The number of thioether (sulfide) groups is 1. The zero-order chi connectivity index (χ0) is 24.2. The summed E-state index contributed by atoms with van der Waals surface area (Å²) in [7, 11) is 1.69. The van der Waals surface area contributed by atoms with Crippen LogP contribution in [0.3, 0.4) is 0 Å². The van der Waals surface area contributed by atoms with Gasteiger partial charge in [-0.3, -0.25) is 4.79 Å². The molecule has 0 radical (unpaired) electrons. The number of ether oxygens (including phenoxy) is 1. The second kappa shape index (κ2) is 10.4. The maximum absolute atomic E-state index is 12.9. The summed E-state index contributed by atoms with van der Waals surface area (Å²) in [4.78, 5) is 32.7. The molecule has 0 aliphatic carbocycles. The van der Waals surface area contributed by atoms with Crippen LogP contribution in [-0.4, -0.2) is 40.1 Å². The molecule has 0 spiro atoms.